The van der Waals surface area contributed by atoms with E-state index in [2.05, 4.69) is 5.32 Å². The van der Waals surface area contributed by atoms with Crippen molar-refractivity contribution in [1.82, 2.24) is 0 Å². The third kappa shape index (κ3) is 6.68. The van der Waals surface area contributed by atoms with E-state index < -0.39 is 5.97 Å². The Bertz CT molecular complexity index is 1560. The van der Waals surface area contributed by atoms with Crippen LogP contribution in [0.1, 0.15) is 52.6 Å². The van der Waals surface area contributed by atoms with Crippen LogP contribution in [0.5, 0.6) is 0 Å². The van der Waals surface area contributed by atoms with E-state index in [1.54, 1.807) is 55.6 Å². The van der Waals surface area contributed by atoms with Crippen molar-refractivity contribution in [1.29, 1.82) is 0 Å². The lowest BCUT2D eigenvalue weighted by atomic mass is 10.1. The summed E-state index contributed by atoms with van der Waals surface area (Å²) in [4.78, 5) is 49.5. The Balaban J connectivity index is 1.34. The zero-order valence-corrected chi connectivity index (χ0v) is 21.8. The van der Waals surface area contributed by atoms with Crippen molar-refractivity contribution in [3.63, 3.8) is 0 Å². The summed E-state index contributed by atoms with van der Waals surface area (Å²) in [5.74, 6) is -2.04. The summed E-state index contributed by atoms with van der Waals surface area (Å²) >= 11 is 0. The first-order chi connectivity index (χ1) is 19.2. The maximum atomic E-state index is 12.8. The fraction of sp³-hybridized carbons (Fsp3) is 0.0625. The lowest BCUT2D eigenvalue weighted by Gasteiger charge is -2.18. The highest BCUT2D eigenvalue weighted by Crippen LogP contribution is 2.19. The van der Waals surface area contributed by atoms with Crippen molar-refractivity contribution in [2.24, 2.45) is 0 Å². The molecule has 0 spiro atoms. The second-order valence-electron chi connectivity index (χ2n) is 8.82. The molecule has 0 atom stereocenters. The van der Waals surface area contributed by atoms with Crippen molar-refractivity contribution >= 4 is 47.3 Å². The number of anilines is 2. The highest BCUT2D eigenvalue weighted by molar-refractivity contribution is 6.07. The highest BCUT2D eigenvalue weighted by Gasteiger charge is 2.15. The third-order valence-corrected chi connectivity index (χ3v) is 6.17. The number of carbonyl (C=O) groups is 4. The first-order valence-corrected chi connectivity index (χ1v) is 12.2. The van der Waals surface area contributed by atoms with Gasteiger partial charge in [-0.15, -0.1) is 0 Å². The van der Waals surface area contributed by atoms with Crippen molar-refractivity contribution in [3.8, 4) is 0 Å². The maximum Gasteiger partial charge on any atom is 0.337 e. The van der Waals surface area contributed by atoms with Gasteiger partial charge in [-0.3, -0.25) is 9.59 Å². The van der Waals surface area contributed by atoms with Crippen LogP contribution in [-0.4, -0.2) is 43.0 Å². The molecule has 8 nitrogen and oxygen atoms in total. The van der Waals surface area contributed by atoms with E-state index in [1.165, 1.54) is 36.3 Å². The van der Waals surface area contributed by atoms with Crippen LogP contribution in [0.2, 0.25) is 0 Å². The SMILES string of the molecule is COC(=O)c1ccc(/C=C/c2ccc(NC(=O)c3ccc(N(C)C(=O)c4ccc(C(=O)O)cc4)cc3)cc2)cc1. The van der Waals surface area contributed by atoms with Gasteiger partial charge in [0.05, 0.1) is 18.2 Å². The number of nitrogens with zero attached hydrogens (tertiary/aromatic N) is 1. The number of methoxy groups -OCH3 is 1. The van der Waals surface area contributed by atoms with Gasteiger partial charge in [-0.25, -0.2) is 9.59 Å². The van der Waals surface area contributed by atoms with Crippen LogP contribution in [0.4, 0.5) is 11.4 Å². The van der Waals surface area contributed by atoms with E-state index in [1.807, 2.05) is 36.4 Å². The molecule has 0 fully saturated rings. The largest absolute Gasteiger partial charge is 0.478 e. The fourth-order valence-electron chi connectivity index (χ4n) is 3.82. The van der Waals surface area contributed by atoms with E-state index in [4.69, 9.17) is 9.84 Å². The van der Waals surface area contributed by atoms with E-state index in [0.29, 0.717) is 28.1 Å². The van der Waals surface area contributed by atoms with E-state index in [-0.39, 0.29) is 23.3 Å². The molecule has 4 aromatic rings. The average Bonchev–Trinajstić information content (AvgIpc) is 3.00. The lowest BCUT2D eigenvalue weighted by molar-refractivity contribution is 0.0599. The molecule has 2 N–H and O–H groups in total. The van der Waals surface area contributed by atoms with Crippen molar-refractivity contribution in [2.75, 3.05) is 24.4 Å². The molecule has 40 heavy (non-hydrogen) atoms. The van der Waals surface area contributed by atoms with Gasteiger partial charge < -0.3 is 20.1 Å². The van der Waals surface area contributed by atoms with Crippen LogP contribution in [-0.2, 0) is 4.74 Å². The van der Waals surface area contributed by atoms with Gasteiger partial charge in [-0.1, -0.05) is 36.4 Å². The summed E-state index contributed by atoms with van der Waals surface area (Å²) in [6, 6.07) is 26.7. The van der Waals surface area contributed by atoms with Gasteiger partial charge in [-0.2, -0.15) is 0 Å². The first kappa shape index (κ1) is 27.5. The van der Waals surface area contributed by atoms with Crippen molar-refractivity contribution in [3.05, 3.63) is 130 Å². The molecule has 0 saturated carbocycles. The number of rotatable bonds is 8. The number of hydrogen-bond donors (Lipinski definition) is 2. The van der Waals surface area contributed by atoms with Gasteiger partial charge in [0.25, 0.3) is 11.8 Å². The van der Waals surface area contributed by atoms with Crippen molar-refractivity contribution < 1.29 is 29.0 Å². The molecular formula is C32H26N2O6. The Morgan fingerprint density at radius 1 is 0.675 bits per heavy atom. The zero-order valence-electron chi connectivity index (χ0n) is 21.8. The number of esters is 1. The molecule has 0 aliphatic rings. The molecule has 200 valence electrons. The molecule has 0 heterocycles. The molecule has 0 unspecified atom stereocenters. The summed E-state index contributed by atoms with van der Waals surface area (Å²) < 4.78 is 4.70. The molecule has 2 amide bonds. The Kier molecular flexibility index (Phi) is 8.51. The molecule has 4 rings (SSSR count). The van der Waals surface area contributed by atoms with Gasteiger partial charge >= 0.3 is 11.9 Å². The summed E-state index contributed by atoms with van der Waals surface area (Å²) in [6.07, 6.45) is 3.85. The number of amides is 2. The summed E-state index contributed by atoms with van der Waals surface area (Å²) in [5.41, 5.74) is 4.44. The number of carboxylic acid groups (broad SMARTS) is 1. The summed E-state index contributed by atoms with van der Waals surface area (Å²) in [5, 5.41) is 11.9. The minimum Gasteiger partial charge on any atom is -0.478 e. The summed E-state index contributed by atoms with van der Waals surface area (Å²) in [7, 11) is 2.95. The highest BCUT2D eigenvalue weighted by atomic mass is 16.5. The number of nitrogens with one attached hydrogen (secondary N) is 1. The first-order valence-electron chi connectivity index (χ1n) is 12.2. The molecular weight excluding hydrogens is 508 g/mol. The Labute approximate surface area is 231 Å². The maximum absolute atomic E-state index is 12.8. The predicted octanol–water partition coefficient (Wildman–Crippen LogP) is 5.87. The number of ether oxygens (including phenoxy) is 1. The van der Waals surface area contributed by atoms with Gasteiger partial charge in [0.1, 0.15) is 0 Å². The fourth-order valence-corrected chi connectivity index (χ4v) is 3.82. The molecule has 0 bridgehead atoms. The second-order valence-corrected chi connectivity index (χ2v) is 8.82. The smallest absolute Gasteiger partial charge is 0.337 e. The minimum atomic E-state index is -1.06. The zero-order chi connectivity index (χ0) is 28.6. The Morgan fingerprint density at radius 3 is 1.68 bits per heavy atom. The van der Waals surface area contributed by atoms with Crippen molar-refractivity contribution in [2.45, 2.75) is 0 Å². The molecule has 0 radical (unpaired) electrons. The molecule has 0 saturated heterocycles. The standard InChI is InChI=1S/C32H26N2O6/c1-34(30(36)24-11-13-25(14-12-24)31(37)38)28-19-15-23(16-20-28)29(35)33-27-17-7-22(8-18-27)4-3-21-5-9-26(10-6-21)32(39)40-2/h3-20H,1-2H3,(H,33,35)(H,37,38)/b4-3+. The van der Waals surface area contributed by atoms with Crippen LogP contribution in [0.3, 0.4) is 0 Å². The van der Waals surface area contributed by atoms with Crippen LogP contribution in [0, 0.1) is 0 Å². The van der Waals surface area contributed by atoms with E-state index >= 15 is 0 Å². The molecule has 0 aliphatic carbocycles. The third-order valence-electron chi connectivity index (χ3n) is 6.17. The number of hydrogen-bond acceptors (Lipinski definition) is 5. The predicted molar refractivity (Wildman–Crippen MR) is 154 cm³/mol. The molecule has 8 heteroatoms. The lowest BCUT2D eigenvalue weighted by Crippen LogP contribution is -2.26. The van der Waals surface area contributed by atoms with E-state index in [9.17, 15) is 19.2 Å². The quantitative estimate of drug-likeness (QED) is 0.216. The van der Waals surface area contributed by atoms with Gasteiger partial charge in [0.2, 0.25) is 0 Å². The van der Waals surface area contributed by atoms with Crippen LogP contribution >= 0.6 is 0 Å². The molecule has 4 aromatic carbocycles. The monoisotopic (exact) mass is 534 g/mol. The average molecular weight is 535 g/mol. The topological polar surface area (TPSA) is 113 Å². The van der Waals surface area contributed by atoms with Gasteiger partial charge in [-0.05, 0) is 83.9 Å². The number of aromatic carboxylic acids is 1. The molecule has 0 aromatic heterocycles. The van der Waals surface area contributed by atoms with Gasteiger partial charge in [0.15, 0.2) is 0 Å². The van der Waals surface area contributed by atoms with Crippen LogP contribution in [0.25, 0.3) is 12.2 Å². The number of carboxylic acids is 1. The number of benzene rings is 4. The van der Waals surface area contributed by atoms with Gasteiger partial charge in [0, 0.05) is 29.5 Å². The summed E-state index contributed by atoms with van der Waals surface area (Å²) in [6.45, 7) is 0. The Hall–Kier alpha value is -5.50. The number of carbonyl (C=O) groups excluding carboxylic acids is 3. The van der Waals surface area contributed by atoms with Crippen LogP contribution < -0.4 is 10.2 Å². The second kappa shape index (κ2) is 12.4. The Morgan fingerprint density at radius 2 is 1.15 bits per heavy atom. The van der Waals surface area contributed by atoms with Crippen LogP contribution in [0.15, 0.2) is 97.1 Å². The molecule has 0 aliphatic heterocycles. The normalized spacial score (nSPS) is 10.7. The van der Waals surface area contributed by atoms with E-state index in [0.717, 1.165) is 11.1 Å². The minimum absolute atomic E-state index is 0.101.